The first-order valence-electron chi connectivity index (χ1n) is 9.50. The average Bonchev–Trinajstić information content (AvgIpc) is 3.02. The van der Waals surface area contributed by atoms with Crippen LogP contribution < -0.4 is 10.2 Å². The highest BCUT2D eigenvalue weighted by Crippen LogP contribution is 2.25. The van der Waals surface area contributed by atoms with Gasteiger partial charge in [0.15, 0.2) is 0 Å². The molecule has 0 aromatic heterocycles. The van der Waals surface area contributed by atoms with Crippen LogP contribution in [0, 0.1) is 12.8 Å². The standard InChI is InChI=1S/C20H29N3O2/c1-16-6-8-18(9-7-16)23-15-17(14-19(23)24)20(25)21-10-5-13-22-11-3-2-4-12-22/h6-9,17H,2-5,10-15H2,1H3,(H,21,25). The summed E-state index contributed by atoms with van der Waals surface area (Å²) in [6.07, 6.45) is 5.23. The van der Waals surface area contributed by atoms with E-state index in [2.05, 4.69) is 10.2 Å². The summed E-state index contributed by atoms with van der Waals surface area (Å²) in [5, 5.41) is 3.02. The molecule has 1 aromatic carbocycles. The minimum atomic E-state index is -0.233. The number of amides is 2. The molecule has 0 bridgehead atoms. The summed E-state index contributed by atoms with van der Waals surface area (Å²) in [6.45, 7) is 6.65. The average molecular weight is 343 g/mol. The van der Waals surface area contributed by atoms with E-state index in [1.807, 2.05) is 31.2 Å². The number of nitrogens with zero attached hydrogens (tertiary/aromatic N) is 2. The first-order chi connectivity index (χ1) is 12.1. The summed E-state index contributed by atoms with van der Waals surface area (Å²) < 4.78 is 0. The number of nitrogens with one attached hydrogen (secondary N) is 1. The van der Waals surface area contributed by atoms with E-state index in [4.69, 9.17) is 0 Å². The lowest BCUT2D eigenvalue weighted by Gasteiger charge is -2.26. The predicted octanol–water partition coefficient (Wildman–Crippen LogP) is 2.34. The topological polar surface area (TPSA) is 52.7 Å². The zero-order chi connectivity index (χ0) is 17.6. The fourth-order valence-electron chi connectivity index (χ4n) is 3.70. The van der Waals surface area contributed by atoms with Crippen LogP contribution in [0.5, 0.6) is 0 Å². The van der Waals surface area contributed by atoms with Crippen LogP contribution in [0.15, 0.2) is 24.3 Å². The fraction of sp³-hybridized carbons (Fsp3) is 0.600. The lowest BCUT2D eigenvalue weighted by molar-refractivity contribution is -0.126. The maximum Gasteiger partial charge on any atom is 0.227 e. The van der Waals surface area contributed by atoms with Gasteiger partial charge in [-0.05, 0) is 58.0 Å². The van der Waals surface area contributed by atoms with Crippen LogP contribution in [0.25, 0.3) is 0 Å². The number of likely N-dealkylation sites (tertiary alicyclic amines) is 1. The molecule has 0 spiro atoms. The molecule has 5 heteroatoms. The number of carbonyl (C=O) groups excluding carboxylic acids is 2. The third-order valence-electron chi connectivity index (χ3n) is 5.24. The molecule has 1 atom stereocenters. The molecule has 2 aliphatic heterocycles. The van der Waals surface area contributed by atoms with E-state index in [-0.39, 0.29) is 17.7 Å². The van der Waals surface area contributed by atoms with Crippen molar-refractivity contribution in [3.63, 3.8) is 0 Å². The maximum absolute atomic E-state index is 12.4. The van der Waals surface area contributed by atoms with E-state index >= 15 is 0 Å². The molecule has 2 fully saturated rings. The lowest BCUT2D eigenvalue weighted by Crippen LogP contribution is -2.36. The van der Waals surface area contributed by atoms with Gasteiger partial charge in [0.2, 0.25) is 11.8 Å². The quantitative estimate of drug-likeness (QED) is 0.807. The molecule has 0 radical (unpaired) electrons. The molecule has 1 N–H and O–H groups in total. The molecule has 0 saturated carbocycles. The molecule has 3 rings (SSSR count). The second-order valence-corrected chi connectivity index (χ2v) is 7.29. The van der Waals surface area contributed by atoms with E-state index < -0.39 is 0 Å². The highest BCUT2D eigenvalue weighted by atomic mass is 16.2. The van der Waals surface area contributed by atoms with Gasteiger partial charge in [-0.15, -0.1) is 0 Å². The highest BCUT2D eigenvalue weighted by Gasteiger charge is 2.34. The third kappa shape index (κ3) is 4.82. The summed E-state index contributed by atoms with van der Waals surface area (Å²) in [4.78, 5) is 28.8. The molecule has 5 nitrogen and oxygen atoms in total. The summed E-state index contributed by atoms with van der Waals surface area (Å²) in [7, 11) is 0. The van der Waals surface area contributed by atoms with Gasteiger partial charge in [-0.2, -0.15) is 0 Å². The van der Waals surface area contributed by atoms with E-state index in [1.165, 1.54) is 37.9 Å². The van der Waals surface area contributed by atoms with E-state index in [9.17, 15) is 9.59 Å². The normalized spacial score (nSPS) is 21.6. The maximum atomic E-state index is 12.4. The van der Waals surface area contributed by atoms with Gasteiger partial charge in [0.25, 0.3) is 0 Å². The second-order valence-electron chi connectivity index (χ2n) is 7.29. The predicted molar refractivity (Wildman–Crippen MR) is 99.6 cm³/mol. The molecule has 2 amide bonds. The molecule has 2 heterocycles. The number of hydrogen-bond acceptors (Lipinski definition) is 3. The van der Waals surface area contributed by atoms with E-state index in [1.54, 1.807) is 4.90 Å². The third-order valence-corrected chi connectivity index (χ3v) is 5.24. The number of piperidine rings is 1. The van der Waals surface area contributed by atoms with Crippen molar-refractivity contribution in [1.29, 1.82) is 0 Å². The van der Waals surface area contributed by atoms with Crippen LogP contribution in [-0.2, 0) is 9.59 Å². The first-order valence-corrected chi connectivity index (χ1v) is 9.50. The fourth-order valence-corrected chi connectivity index (χ4v) is 3.70. The highest BCUT2D eigenvalue weighted by molar-refractivity contribution is 6.00. The van der Waals surface area contributed by atoms with Gasteiger partial charge in [-0.3, -0.25) is 9.59 Å². The van der Waals surface area contributed by atoms with Gasteiger partial charge in [-0.25, -0.2) is 0 Å². The molecular formula is C20H29N3O2. The van der Waals surface area contributed by atoms with Crippen molar-refractivity contribution in [3.05, 3.63) is 29.8 Å². The minimum Gasteiger partial charge on any atom is -0.356 e. The Morgan fingerprint density at radius 2 is 1.88 bits per heavy atom. The largest absolute Gasteiger partial charge is 0.356 e. The summed E-state index contributed by atoms with van der Waals surface area (Å²) >= 11 is 0. The second kappa shape index (κ2) is 8.48. The van der Waals surface area contributed by atoms with Gasteiger partial charge in [0.1, 0.15) is 0 Å². The molecule has 25 heavy (non-hydrogen) atoms. The monoisotopic (exact) mass is 343 g/mol. The van der Waals surface area contributed by atoms with Crippen LogP contribution in [0.4, 0.5) is 5.69 Å². The molecule has 136 valence electrons. The van der Waals surface area contributed by atoms with Crippen molar-refractivity contribution in [2.45, 2.75) is 39.0 Å². The number of aryl methyl sites for hydroxylation is 1. The molecule has 0 aliphatic carbocycles. The van der Waals surface area contributed by atoms with Crippen molar-refractivity contribution >= 4 is 17.5 Å². The van der Waals surface area contributed by atoms with Crippen molar-refractivity contribution in [1.82, 2.24) is 10.2 Å². The lowest BCUT2D eigenvalue weighted by atomic mass is 10.1. The Bertz CT molecular complexity index is 593. The van der Waals surface area contributed by atoms with Crippen LogP contribution in [0.2, 0.25) is 0 Å². The molecule has 2 saturated heterocycles. The summed E-state index contributed by atoms with van der Waals surface area (Å²) in [5.74, 6) is -0.178. The molecule has 2 aliphatic rings. The van der Waals surface area contributed by atoms with Gasteiger partial charge in [0, 0.05) is 25.2 Å². The van der Waals surface area contributed by atoms with Crippen molar-refractivity contribution in [2.24, 2.45) is 5.92 Å². The number of hydrogen-bond donors (Lipinski definition) is 1. The molecule has 1 aromatic rings. The Kier molecular flexibility index (Phi) is 6.08. The van der Waals surface area contributed by atoms with Gasteiger partial charge in [-0.1, -0.05) is 24.1 Å². The van der Waals surface area contributed by atoms with Gasteiger partial charge >= 0.3 is 0 Å². The van der Waals surface area contributed by atoms with Gasteiger partial charge < -0.3 is 15.1 Å². The summed E-state index contributed by atoms with van der Waals surface area (Å²) in [6, 6.07) is 7.89. The number of anilines is 1. The number of benzene rings is 1. The van der Waals surface area contributed by atoms with Crippen LogP contribution >= 0.6 is 0 Å². The Morgan fingerprint density at radius 1 is 1.16 bits per heavy atom. The van der Waals surface area contributed by atoms with Crippen molar-refractivity contribution in [2.75, 3.05) is 37.6 Å². The van der Waals surface area contributed by atoms with Crippen molar-refractivity contribution in [3.8, 4) is 0 Å². The minimum absolute atomic E-state index is 0.0154. The van der Waals surface area contributed by atoms with Crippen LogP contribution in [0.3, 0.4) is 0 Å². The zero-order valence-corrected chi connectivity index (χ0v) is 15.2. The molecule has 1 unspecified atom stereocenters. The van der Waals surface area contributed by atoms with Gasteiger partial charge in [0.05, 0.1) is 5.92 Å². The van der Waals surface area contributed by atoms with Crippen molar-refractivity contribution < 1.29 is 9.59 Å². The smallest absolute Gasteiger partial charge is 0.227 e. The Balaban J connectivity index is 1.42. The summed E-state index contributed by atoms with van der Waals surface area (Å²) in [5.41, 5.74) is 2.05. The Labute approximate surface area is 150 Å². The molecular weight excluding hydrogens is 314 g/mol. The van der Waals surface area contributed by atoms with Crippen LogP contribution in [-0.4, -0.2) is 49.4 Å². The zero-order valence-electron chi connectivity index (χ0n) is 15.2. The van der Waals surface area contributed by atoms with E-state index in [0.29, 0.717) is 19.5 Å². The number of carbonyl (C=O) groups is 2. The van der Waals surface area contributed by atoms with Crippen LogP contribution in [0.1, 0.15) is 37.7 Å². The number of rotatable bonds is 6. The first kappa shape index (κ1) is 17.9. The van der Waals surface area contributed by atoms with E-state index in [0.717, 1.165) is 18.7 Å². The Morgan fingerprint density at radius 3 is 2.60 bits per heavy atom. The SMILES string of the molecule is Cc1ccc(N2CC(C(=O)NCCCN3CCCCC3)CC2=O)cc1. The Hall–Kier alpha value is -1.88.